The Morgan fingerprint density at radius 3 is 2.46 bits per heavy atom. The second-order valence-corrected chi connectivity index (χ2v) is 2.15. The maximum atomic E-state index is 12.7. The second kappa shape index (κ2) is 3.93. The van der Waals surface area contributed by atoms with Gasteiger partial charge in [0.2, 0.25) is 5.82 Å². The van der Waals surface area contributed by atoms with Gasteiger partial charge >= 0.3 is 0 Å². The van der Waals surface area contributed by atoms with E-state index in [0.29, 0.717) is 12.4 Å². The molecule has 0 N–H and O–H groups in total. The summed E-state index contributed by atoms with van der Waals surface area (Å²) < 4.78 is 42.3. The van der Waals surface area contributed by atoms with Crippen molar-refractivity contribution in [1.82, 2.24) is 0 Å². The van der Waals surface area contributed by atoms with Crippen LogP contribution in [0.2, 0.25) is 0 Å². The number of benzene rings is 1. The summed E-state index contributed by atoms with van der Waals surface area (Å²) in [6, 6.07) is 1.36. The molecular weight excluding hydrogens is 185 g/mol. The first-order chi connectivity index (χ1) is 6.16. The monoisotopic (exact) mass is 190 g/mol. The molecule has 1 aromatic carbocycles. The van der Waals surface area contributed by atoms with Gasteiger partial charge in [-0.05, 0) is 12.1 Å². The predicted molar refractivity (Wildman–Crippen MR) is 37.9 cm³/mol. The van der Waals surface area contributed by atoms with Gasteiger partial charge in [0.15, 0.2) is 23.7 Å². The van der Waals surface area contributed by atoms with E-state index in [2.05, 4.69) is 4.74 Å². The highest BCUT2D eigenvalue weighted by Crippen LogP contribution is 2.23. The van der Waals surface area contributed by atoms with Crippen LogP contribution in [0.25, 0.3) is 0 Å². The van der Waals surface area contributed by atoms with Crippen LogP contribution in [0, 0.1) is 17.5 Å². The summed E-state index contributed by atoms with van der Waals surface area (Å²) in [5.41, 5.74) is 0. The van der Waals surface area contributed by atoms with E-state index in [9.17, 15) is 18.0 Å². The van der Waals surface area contributed by atoms with Crippen molar-refractivity contribution in [1.29, 1.82) is 0 Å². The number of carbonyl (C=O) groups is 1. The third-order valence-corrected chi connectivity index (χ3v) is 1.30. The fraction of sp³-hybridized carbons (Fsp3) is 0.125. The molecule has 70 valence electrons. The molecule has 0 spiro atoms. The van der Waals surface area contributed by atoms with Crippen LogP contribution in [0.4, 0.5) is 13.2 Å². The summed E-state index contributed by atoms with van der Waals surface area (Å²) in [7, 11) is 0. The lowest BCUT2D eigenvalue weighted by atomic mass is 10.3. The lowest BCUT2D eigenvalue weighted by Gasteiger charge is -2.04. The SMILES string of the molecule is O=CCOc1c(F)ccc(F)c1F. The molecule has 0 aromatic heterocycles. The van der Waals surface area contributed by atoms with Crippen molar-refractivity contribution >= 4 is 6.29 Å². The van der Waals surface area contributed by atoms with Gasteiger partial charge in [0.1, 0.15) is 6.61 Å². The third-order valence-electron chi connectivity index (χ3n) is 1.30. The Hall–Kier alpha value is -1.52. The summed E-state index contributed by atoms with van der Waals surface area (Å²) in [5.74, 6) is -4.56. The molecule has 1 rings (SSSR count). The zero-order chi connectivity index (χ0) is 9.84. The molecule has 0 aliphatic carbocycles. The Balaban J connectivity index is 3.02. The van der Waals surface area contributed by atoms with Crippen molar-refractivity contribution in [3.05, 3.63) is 29.6 Å². The van der Waals surface area contributed by atoms with Crippen molar-refractivity contribution in [3.8, 4) is 5.75 Å². The Bertz CT molecular complexity index is 325. The van der Waals surface area contributed by atoms with Crippen LogP contribution in [0.3, 0.4) is 0 Å². The first-order valence-corrected chi connectivity index (χ1v) is 3.36. The molecule has 5 heteroatoms. The number of hydrogen-bond donors (Lipinski definition) is 0. The highest BCUT2D eigenvalue weighted by molar-refractivity contribution is 5.51. The van der Waals surface area contributed by atoms with E-state index >= 15 is 0 Å². The van der Waals surface area contributed by atoms with E-state index in [4.69, 9.17) is 0 Å². The molecule has 0 fully saturated rings. The van der Waals surface area contributed by atoms with Crippen LogP contribution in [0.15, 0.2) is 12.1 Å². The van der Waals surface area contributed by atoms with Crippen molar-refractivity contribution in [2.24, 2.45) is 0 Å². The van der Waals surface area contributed by atoms with Gasteiger partial charge in [-0.3, -0.25) is 4.79 Å². The first-order valence-electron chi connectivity index (χ1n) is 3.36. The number of halogens is 3. The maximum Gasteiger partial charge on any atom is 0.203 e. The van der Waals surface area contributed by atoms with Crippen molar-refractivity contribution in [2.75, 3.05) is 6.61 Å². The van der Waals surface area contributed by atoms with Gasteiger partial charge in [-0.25, -0.2) is 8.78 Å². The van der Waals surface area contributed by atoms with E-state index in [-0.39, 0.29) is 0 Å². The van der Waals surface area contributed by atoms with Crippen LogP contribution < -0.4 is 4.74 Å². The van der Waals surface area contributed by atoms with Crippen LogP contribution in [-0.2, 0) is 4.79 Å². The number of hydrogen-bond acceptors (Lipinski definition) is 2. The summed E-state index contributed by atoms with van der Waals surface area (Å²) >= 11 is 0. The largest absolute Gasteiger partial charge is 0.480 e. The fourth-order valence-corrected chi connectivity index (χ4v) is 0.758. The minimum atomic E-state index is -1.43. The lowest BCUT2D eigenvalue weighted by molar-refractivity contribution is -0.109. The standard InChI is InChI=1S/C8H5F3O2/c9-5-1-2-6(10)8(7(5)11)13-4-3-12/h1-3H,4H2. The molecule has 0 radical (unpaired) electrons. The fourth-order valence-electron chi connectivity index (χ4n) is 0.758. The zero-order valence-corrected chi connectivity index (χ0v) is 6.39. The summed E-state index contributed by atoms with van der Waals surface area (Å²) in [5, 5.41) is 0. The van der Waals surface area contributed by atoms with E-state index < -0.39 is 29.8 Å². The maximum absolute atomic E-state index is 12.7. The molecule has 0 unspecified atom stereocenters. The summed E-state index contributed by atoms with van der Waals surface area (Å²) in [6.07, 6.45) is 0.309. The highest BCUT2D eigenvalue weighted by atomic mass is 19.2. The van der Waals surface area contributed by atoms with Crippen molar-refractivity contribution < 1.29 is 22.7 Å². The molecule has 0 saturated carbocycles. The Labute approximate surface area is 71.9 Å². The van der Waals surface area contributed by atoms with Gasteiger partial charge in [-0.1, -0.05) is 0 Å². The average Bonchev–Trinajstić information content (AvgIpc) is 2.12. The molecule has 0 atom stereocenters. The van der Waals surface area contributed by atoms with Gasteiger partial charge in [-0.15, -0.1) is 0 Å². The topological polar surface area (TPSA) is 26.3 Å². The Morgan fingerprint density at radius 2 is 1.85 bits per heavy atom. The van der Waals surface area contributed by atoms with Crippen LogP contribution >= 0.6 is 0 Å². The second-order valence-electron chi connectivity index (χ2n) is 2.15. The molecule has 0 heterocycles. The molecule has 0 aliphatic heterocycles. The number of aldehydes is 1. The van der Waals surface area contributed by atoms with E-state index in [1.807, 2.05) is 0 Å². The molecule has 0 saturated heterocycles. The summed E-state index contributed by atoms with van der Waals surface area (Å²) in [4.78, 5) is 9.82. The van der Waals surface area contributed by atoms with E-state index in [1.165, 1.54) is 0 Å². The smallest absolute Gasteiger partial charge is 0.203 e. The molecule has 0 amide bonds. The lowest BCUT2D eigenvalue weighted by Crippen LogP contribution is -2.03. The van der Waals surface area contributed by atoms with Crippen LogP contribution in [0.5, 0.6) is 5.75 Å². The van der Waals surface area contributed by atoms with Gasteiger partial charge in [0, 0.05) is 0 Å². The molecule has 2 nitrogen and oxygen atoms in total. The summed E-state index contributed by atoms with van der Waals surface area (Å²) in [6.45, 7) is -0.517. The predicted octanol–water partition coefficient (Wildman–Crippen LogP) is 1.68. The number of rotatable bonds is 3. The minimum absolute atomic E-state index is 0.309. The van der Waals surface area contributed by atoms with Crippen LogP contribution in [0.1, 0.15) is 0 Å². The Morgan fingerprint density at radius 1 is 1.23 bits per heavy atom. The molecule has 13 heavy (non-hydrogen) atoms. The minimum Gasteiger partial charge on any atom is -0.480 e. The molecule has 0 aliphatic rings. The van der Waals surface area contributed by atoms with Gasteiger partial charge in [0.05, 0.1) is 0 Å². The van der Waals surface area contributed by atoms with Crippen molar-refractivity contribution in [2.45, 2.75) is 0 Å². The van der Waals surface area contributed by atoms with Gasteiger partial charge < -0.3 is 4.74 Å². The average molecular weight is 190 g/mol. The molecule has 1 aromatic rings. The van der Waals surface area contributed by atoms with Gasteiger partial charge in [-0.2, -0.15) is 4.39 Å². The Kier molecular flexibility index (Phi) is 2.89. The highest BCUT2D eigenvalue weighted by Gasteiger charge is 2.14. The van der Waals surface area contributed by atoms with E-state index in [1.54, 1.807) is 0 Å². The normalized spacial score (nSPS) is 9.77. The van der Waals surface area contributed by atoms with Gasteiger partial charge in [0.25, 0.3) is 0 Å². The number of ether oxygens (including phenoxy) is 1. The molecular formula is C8H5F3O2. The molecule has 0 bridgehead atoms. The van der Waals surface area contributed by atoms with Crippen LogP contribution in [-0.4, -0.2) is 12.9 Å². The first kappa shape index (κ1) is 9.57. The quantitative estimate of drug-likeness (QED) is 0.535. The van der Waals surface area contributed by atoms with E-state index in [0.717, 1.165) is 6.07 Å². The number of carbonyl (C=O) groups excluding carboxylic acids is 1. The van der Waals surface area contributed by atoms with Crippen molar-refractivity contribution in [3.63, 3.8) is 0 Å². The zero-order valence-electron chi connectivity index (χ0n) is 6.39. The third kappa shape index (κ3) is 1.99.